The van der Waals surface area contributed by atoms with Gasteiger partial charge in [-0.25, -0.2) is 4.79 Å². The molecule has 0 radical (unpaired) electrons. The SMILES string of the molecule is Cc1cnc(C2C3CC4CC(C3)CC2C4)c(C(=O)O)c1. The Labute approximate surface area is 119 Å². The van der Waals surface area contributed by atoms with Crippen molar-refractivity contribution in [1.29, 1.82) is 0 Å². The molecule has 5 rings (SSSR count). The van der Waals surface area contributed by atoms with Crippen molar-refractivity contribution in [1.82, 2.24) is 4.98 Å². The summed E-state index contributed by atoms with van der Waals surface area (Å²) in [6.07, 6.45) is 8.46. The predicted octanol–water partition coefficient (Wildman–Crippen LogP) is 3.63. The lowest BCUT2D eigenvalue weighted by atomic mass is 9.51. The molecular weight excluding hydrogens is 250 g/mol. The summed E-state index contributed by atoms with van der Waals surface area (Å²) in [6.45, 7) is 1.92. The Kier molecular flexibility index (Phi) is 2.66. The van der Waals surface area contributed by atoms with E-state index in [1.165, 1.54) is 32.1 Å². The third-order valence-electron chi connectivity index (χ3n) is 5.83. The van der Waals surface area contributed by atoms with Crippen LogP contribution >= 0.6 is 0 Å². The molecule has 4 aliphatic rings. The van der Waals surface area contributed by atoms with E-state index in [2.05, 4.69) is 4.98 Å². The second kappa shape index (κ2) is 4.31. The zero-order valence-electron chi connectivity index (χ0n) is 11.9. The highest BCUT2D eigenvalue weighted by molar-refractivity contribution is 5.89. The number of nitrogens with zero attached hydrogens (tertiary/aromatic N) is 1. The van der Waals surface area contributed by atoms with Crippen molar-refractivity contribution in [3.8, 4) is 0 Å². The molecule has 1 aromatic heterocycles. The summed E-state index contributed by atoms with van der Waals surface area (Å²) in [5, 5.41) is 9.50. The maximum atomic E-state index is 11.6. The molecule has 1 N–H and O–H groups in total. The van der Waals surface area contributed by atoms with E-state index in [1.54, 1.807) is 6.07 Å². The lowest BCUT2D eigenvalue weighted by molar-refractivity contribution is -0.00456. The van der Waals surface area contributed by atoms with Gasteiger partial charge in [-0.2, -0.15) is 0 Å². The van der Waals surface area contributed by atoms with Gasteiger partial charge in [0.25, 0.3) is 0 Å². The molecule has 4 saturated carbocycles. The number of carbonyl (C=O) groups is 1. The second-order valence-electron chi connectivity index (χ2n) is 7.21. The van der Waals surface area contributed by atoms with Crippen molar-refractivity contribution in [2.24, 2.45) is 23.7 Å². The quantitative estimate of drug-likeness (QED) is 0.893. The molecule has 4 bridgehead atoms. The Balaban J connectivity index is 1.76. The minimum atomic E-state index is -0.815. The highest BCUT2D eigenvalue weighted by atomic mass is 16.4. The van der Waals surface area contributed by atoms with Crippen molar-refractivity contribution in [3.05, 3.63) is 29.1 Å². The smallest absolute Gasteiger partial charge is 0.337 e. The molecule has 4 fully saturated rings. The lowest BCUT2D eigenvalue weighted by Crippen LogP contribution is -2.44. The zero-order chi connectivity index (χ0) is 13.9. The first-order chi connectivity index (χ1) is 9.61. The van der Waals surface area contributed by atoms with Gasteiger partial charge in [0.15, 0.2) is 0 Å². The van der Waals surface area contributed by atoms with Gasteiger partial charge < -0.3 is 5.11 Å². The van der Waals surface area contributed by atoms with Crippen LogP contribution in [0.1, 0.15) is 59.6 Å². The molecule has 0 atom stereocenters. The Hall–Kier alpha value is -1.38. The summed E-state index contributed by atoms with van der Waals surface area (Å²) in [5.41, 5.74) is 2.26. The number of hydrogen-bond donors (Lipinski definition) is 1. The maximum absolute atomic E-state index is 11.6. The fraction of sp³-hybridized carbons (Fsp3) is 0.647. The Morgan fingerprint density at radius 3 is 2.30 bits per heavy atom. The Morgan fingerprint density at radius 1 is 1.15 bits per heavy atom. The van der Waals surface area contributed by atoms with Crippen molar-refractivity contribution in [3.63, 3.8) is 0 Å². The molecule has 20 heavy (non-hydrogen) atoms. The van der Waals surface area contributed by atoms with Crippen LogP contribution in [0, 0.1) is 30.6 Å². The highest BCUT2D eigenvalue weighted by Gasteiger charge is 2.49. The van der Waals surface area contributed by atoms with Crippen LogP contribution in [0.2, 0.25) is 0 Å². The van der Waals surface area contributed by atoms with Crippen LogP contribution in [0.3, 0.4) is 0 Å². The van der Waals surface area contributed by atoms with E-state index in [0.717, 1.165) is 23.1 Å². The topological polar surface area (TPSA) is 50.2 Å². The standard InChI is InChI=1S/C17H21NO2/c1-9-2-14(17(19)20)16(18-8-9)15-12-4-10-3-11(6-12)7-13(15)5-10/h2,8,10-13,15H,3-7H2,1H3,(H,19,20). The first kappa shape index (κ1) is 12.4. The first-order valence-corrected chi connectivity index (χ1v) is 7.81. The van der Waals surface area contributed by atoms with Crippen molar-refractivity contribution >= 4 is 5.97 Å². The van der Waals surface area contributed by atoms with Gasteiger partial charge >= 0.3 is 5.97 Å². The molecule has 3 heteroatoms. The minimum Gasteiger partial charge on any atom is -0.478 e. The molecule has 0 amide bonds. The van der Waals surface area contributed by atoms with Gasteiger partial charge in [0.05, 0.1) is 11.3 Å². The van der Waals surface area contributed by atoms with Crippen LogP contribution in [-0.4, -0.2) is 16.1 Å². The Morgan fingerprint density at radius 2 is 1.75 bits per heavy atom. The molecule has 106 valence electrons. The molecule has 0 spiro atoms. The monoisotopic (exact) mass is 271 g/mol. The summed E-state index contributed by atoms with van der Waals surface area (Å²) < 4.78 is 0. The molecule has 1 aromatic rings. The van der Waals surface area contributed by atoms with Gasteiger partial charge in [0, 0.05) is 12.1 Å². The van der Waals surface area contributed by atoms with E-state index >= 15 is 0 Å². The van der Waals surface area contributed by atoms with Crippen LogP contribution in [0.15, 0.2) is 12.3 Å². The molecule has 1 heterocycles. The van der Waals surface area contributed by atoms with Gasteiger partial charge in [0.2, 0.25) is 0 Å². The van der Waals surface area contributed by atoms with E-state index in [0.29, 0.717) is 23.3 Å². The number of carboxylic acids is 1. The number of aryl methyl sites for hydroxylation is 1. The first-order valence-electron chi connectivity index (χ1n) is 7.81. The number of aromatic nitrogens is 1. The van der Waals surface area contributed by atoms with Gasteiger partial charge in [-0.1, -0.05) is 0 Å². The number of rotatable bonds is 2. The predicted molar refractivity (Wildman–Crippen MR) is 75.7 cm³/mol. The van der Waals surface area contributed by atoms with Gasteiger partial charge in [-0.15, -0.1) is 0 Å². The van der Waals surface area contributed by atoms with E-state index in [-0.39, 0.29) is 0 Å². The average molecular weight is 271 g/mol. The third kappa shape index (κ3) is 1.79. The number of pyridine rings is 1. The molecule has 0 unspecified atom stereocenters. The largest absolute Gasteiger partial charge is 0.478 e. The third-order valence-corrected chi connectivity index (χ3v) is 5.83. The van der Waals surface area contributed by atoms with Crippen LogP contribution in [-0.2, 0) is 0 Å². The summed E-state index contributed by atoms with van der Waals surface area (Å²) in [7, 11) is 0. The molecule has 0 saturated heterocycles. The van der Waals surface area contributed by atoms with Crippen molar-refractivity contribution in [2.75, 3.05) is 0 Å². The minimum absolute atomic E-state index is 0.398. The molecule has 0 aliphatic heterocycles. The van der Waals surface area contributed by atoms with Crippen LogP contribution in [0.4, 0.5) is 0 Å². The van der Waals surface area contributed by atoms with Gasteiger partial charge in [-0.3, -0.25) is 4.98 Å². The summed E-state index contributed by atoms with van der Waals surface area (Å²) in [6, 6.07) is 1.80. The Bertz CT molecular complexity index is 538. The van der Waals surface area contributed by atoms with E-state index in [9.17, 15) is 9.90 Å². The van der Waals surface area contributed by atoms with Crippen molar-refractivity contribution < 1.29 is 9.90 Å². The van der Waals surface area contributed by atoms with E-state index < -0.39 is 5.97 Å². The fourth-order valence-corrected chi connectivity index (χ4v) is 5.39. The average Bonchev–Trinajstić information content (AvgIpc) is 2.38. The zero-order valence-corrected chi connectivity index (χ0v) is 11.9. The van der Waals surface area contributed by atoms with Crippen molar-refractivity contribution in [2.45, 2.75) is 44.9 Å². The molecular formula is C17H21NO2. The van der Waals surface area contributed by atoms with Crippen LogP contribution in [0.25, 0.3) is 0 Å². The summed E-state index contributed by atoms with van der Waals surface area (Å²) in [5.74, 6) is 2.76. The lowest BCUT2D eigenvalue weighted by Gasteiger charge is -2.54. The van der Waals surface area contributed by atoms with Gasteiger partial charge in [-0.05, 0) is 74.3 Å². The number of aromatic carboxylic acids is 1. The molecule has 0 aromatic carbocycles. The second-order valence-corrected chi connectivity index (χ2v) is 7.21. The number of hydrogen-bond acceptors (Lipinski definition) is 2. The maximum Gasteiger partial charge on any atom is 0.337 e. The highest BCUT2D eigenvalue weighted by Crippen LogP contribution is 2.59. The fourth-order valence-electron chi connectivity index (χ4n) is 5.39. The van der Waals surface area contributed by atoms with Crippen LogP contribution in [0.5, 0.6) is 0 Å². The van der Waals surface area contributed by atoms with E-state index in [4.69, 9.17) is 0 Å². The molecule has 3 nitrogen and oxygen atoms in total. The summed E-state index contributed by atoms with van der Waals surface area (Å²) in [4.78, 5) is 16.1. The normalized spacial score (nSPS) is 38.1. The van der Waals surface area contributed by atoms with Gasteiger partial charge in [0.1, 0.15) is 0 Å². The van der Waals surface area contributed by atoms with Crippen LogP contribution < -0.4 is 0 Å². The molecule has 4 aliphatic carbocycles. The summed E-state index contributed by atoms with van der Waals surface area (Å²) >= 11 is 0. The van der Waals surface area contributed by atoms with E-state index in [1.807, 2.05) is 13.1 Å². The number of carboxylic acid groups (broad SMARTS) is 1.